The van der Waals surface area contributed by atoms with Gasteiger partial charge < -0.3 is 9.64 Å². The number of halogens is 1. The fraction of sp³-hybridized carbons (Fsp3) is 0.263. The van der Waals surface area contributed by atoms with E-state index in [0.717, 1.165) is 26.9 Å². The van der Waals surface area contributed by atoms with Gasteiger partial charge in [0.05, 0.1) is 10.7 Å². The molecule has 0 bridgehead atoms. The number of nitrogens with one attached hydrogen (secondary N) is 1. The van der Waals surface area contributed by atoms with Crippen LogP contribution in [0.15, 0.2) is 46.0 Å². The molecule has 0 spiro atoms. The predicted molar refractivity (Wildman–Crippen MR) is 106 cm³/mol. The minimum absolute atomic E-state index is 0.0978. The van der Waals surface area contributed by atoms with Gasteiger partial charge in [-0.15, -0.1) is 0 Å². The van der Waals surface area contributed by atoms with Crippen molar-refractivity contribution in [2.24, 2.45) is 5.10 Å². The van der Waals surface area contributed by atoms with Crippen molar-refractivity contribution >= 4 is 33.7 Å². The minimum atomic E-state index is -0.312. The molecule has 0 saturated carbocycles. The third-order valence-corrected chi connectivity index (χ3v) is 4.12. The summed E-state index contributed by atoms with van der Waals surface area (Å²) in [6.45, 7) is 3.86. The van der Waals surface area contributed by atoms with E-state index >= 15 is 0 Å². The topological polar surface area (TPSA) is 53.9 Å². The fourth-order valence-electron chi connectivity index (χ4n) is 2.29. The van der Waals surface area contributed by atoms with Gasteiger partial charge in [0.1, 0.15) is 5.75 Å². The molecule has 2 rings (SSSR count). The van der Waals surface area contributed by atoms with Gasteiger partial charge in [-0.3, -0.25) is 4.79 Å². The number of ether oxygens (including phenoxy) is 1. The molecule has 0 fully saturated rings. The van der Waals surface area contributed by atoms with Crippen molar-refractivity contribution in [3.8, 4) is 5.75 Å². The zero-order valence-corrected chi connectivity index (χ0v) is 16.4. The first kappa shape index (κ1) is 19.0. The van der Waals surface area contributed by atoms with Gasteiger partial charge in [-0.1, -0.05) is 18.2 Å². The first-order valence-electron chi connectivity index (χ1n) is 7.85. The molecule has 5 nitrogen and oxygen atoms in total. The summed E-state index contributed by atoms with van der Waals surface area (Å²) in [6.07, 6.45) is 1.60. The van der Waals surface area contributed by atoms with Crippen LogP contribution in [0.4, 0.5) is 5.69 Å². The average molecular weight is 404 g/mol. The number of benzene rings is 2. The Hall–Kier alpha value is -2.34. The standard InChI is InChI=1S/C19H22BrN3O2/c1-13-9-14(2)19(17(20)10-13)25-12-18(24)22-21-11-15-5-7-16(8-6-15)23(3)4/h5-11H,12H2,1-4H3,(H,22,24)/b21-11+. The number of aryl methyl sites for hydroxylation is 2. The number of amides is 1. The summed E-state index contributed by atoms with van der Waals surface area (Å²) in [7, 11) is 3.97. The summed E-state index contributed by atoms with van der Waals surface area (Å²) >= 11 is 3.46. The second-order valence-electron chi connectivity index (χ2n) is 5.96. The van der Waals surface area contributed by atoms with Crippen molar-refractivity contribution < 1.29 is 9.53 Å². The molecule has 2 aromatic rings. The van der Waals surface area contributed by atoms with E-state index in [1.54, 1.807) is 6.21 Å². The Morgan fingerprint density at radius 1 is 1.24 bits per heavy atom. The maximum Gasteiger partial charge on any atom is 0.277 e. The Bertz CT molecular complexity index is 748. The monoisotopic (exact) mass is 403 g/mol. The Balaban J connectivity index is 1.86. The van der Waals surface area contributed by atoms with Crippen molar-refractivity contribution in [2.45, 2.75) is 13.8 Å². The molecule has 0 aliphatic carbocycles. The highest BCUT2D eigenvalue weighted by atomic mass is 79.9. The maximum atomic E-state index is 11.9. The Kier molecular flexibility index (Phi) is 6.58. The maximum absolute atomic E-state index is 11.9. The molecule has 6 heteroatoms. The van der Waals surface area contributed by atoms with Crippen LogP contribution in [0.2, 0.25) is 0 Å². The van der Waals surface area contributed by atoms with Crippen molar-refractivity contribution in [1.82, 2.24) is 5.43 Å². The van der Waals surface area contributed by atoms with Crippen LogP contribution in [0.25, 0.3) is 0 Å². The lowest BCUT2D eigenvalue weighted by Gasteiger charge is -2.12. The Labute approximate surface area is 156 Å². The molecule has 0 atom stereocenters. The normalized spacial score (nSPS) is 10.8. The van der Waals surface area contributed by atoms with E-state index in [1.165, 1.54) is 0 Å². The van der Waals surface area contributed by atoms with Crippen molar-refractivity contribution in [3.63, 3.8) is 0 Å². The smallest absolute Gasteiger partial charge is 0.277 e. The highest BCUT2D eigenvalue weighted by Crippen LogP contribution is 2.30. The van der Waals surface area contributed by atoms with Crippen LogP contribution in [0.3, 0.4) is 0 Å². The number of nitrogens with zero attached hydrogens (tertiary/aromatic N) is 2. The largest absolute Gasteiger partial charge is 0.482 e. The van der Waals surface area contributed by atoms with E-state index in [4.69, 9.17) is 4.74 Å². The molecule has 132 valence electrons. The quantitative estimate of drug-likeness (QED) is 0.591. The predicted octanol–water partition coefficient (Wildman–Crippen LogP) is 3.66. The van der Waals surface area contributed by atoms with Gasteiger partial charge in [-0.25, -0.2) is 5.43 Å². The average Bonchev–Trinajstić information content (AvgIpc) is 2.54. The molecule has 0 aromatic heterocycles. The van der Waals surface area contributed by atoms with Crippen LogP contribution in [0, 0.1) is 13.8 Å². The molecular weight excluding hydrogens is 382 g/mol. The molecule has 1 N–H and O–H groups in total. The number of carbonyl (C=O) groups is 1. The minimum Gasteiger partial charge on any atom is -0.482 e. The zero-order chi connectivity index (χ0) is 18.4. The van der Waals surface area contributed by atoms with Crippen LogP contribution in [0.5, 0.6) is 5.75 Å². The summed E-state index contributed by atoms with van der Waals surface area (Å²) in [5.41, 5.74) is 6.59. The molecule has 0 heterocycles. The number of rotatable bonds is 6. The van der Waals surface area contributed by atoms with E-state index < -0.39 is 0 Å². The van der Waals surface area contributed by atoms with Crippen molar-refractivity contribution in [3.05, 3.63) is 57.6 Å². The van der Waals surface area contributed by atoms with Gasteiger partial charge in [0.15, 0.2) is 6.61 Å². The van der Waals surface area contributed by atoms with E-state index in [-0.39, 0.29) is 12.5 Å². The lowest BCUT2D eigenvalue weighted by Crippen LogP contribution is -2.24. The lowest BCUT2D eigenvalue weighted by molar-refractivity contribution is -0.123. The highest BCUT2D eigenvalue weighted by Gasteiger charge is 2.08. The van der Waals surface area contributed by atoms with Gasteiger partial charge in [0.25, 0.3) is 5.91 Å². The number of anilines is 1. The fourth-order valence-corrected chi connectivity index (χ4v) is 3.08. The first-order valence-corrected chi connectivity index (χ1v) is 8.65. The van der Waals surface area contributed by atoms with Crippen LogP contribution in [-0.4, -0.2) is 32.8 Å². The zero-order valence-electron chi connectivity index (χ0n) is 14.8. The van der Waals surface area contributed by atoms with Gasteiger partial charge >= 0.3 is 0 Å². The Morgan fingerprint density at radius 3 is 2.52 bits per heavy atom. The molecule has 1 amide bonds. The summed E-state index contributed by atoms with van der Waals surface area (Å²) < 4.78 is 6.43. The van der Waals surface area contributed by atoms with Crippen LogP contribution >= 0.6 is 15.9 Å². The third kappa shape index (κ3) is 5.60. The molecule has 25 heavy (non-hydrogen) atoms. The number of hydrogen-bond donors (Lipinski definition) is 1. The van der Waals surface area contributed by atoms with Crippen molar-refractivity contribution in [2.75, 3.05) is 25.6 Å². The number of hydrazone groups is 1. The SMILES string of the molecule is Cc1cc(C)c(OCC(=O)N/N=C/c2ccc(N(C)C)cc2)c(Br)c1. The first-order chi connectivity index (χ1) is 11.9. The van der Waals surface area contributed by atoms with Gasteiger partial charge in [-0.2, -0.15) is 5.10 Å². The van der Waals surface area contributed by atoms with Crippen LogP contribution < -0.4 is 15.1 Å². The molecule has 0 radical (unpaired) electrons. The second-order valence-corrected chi connectivity index (χ2v) is 6.81. The van der Waals surface area contributed by atoms with Crippen LogP contribution in [-0.2, 0) is 4.79 Å². The third-order valence-electron chi connectivity index (χ3n) is 3.53. The van der Waals surface area contributed by atoms with Crippen LogP contribution in [0.1, 0.15) is 16.7 Å². The van der Waals surface area contributed by atoms with E-state index in [2.05, 4.69) is 26.5 Å². The van der Waals surface area contributed by atoms with Gasteiger partial charge in [0.2, 0.25) is 0 Å². The summed E-state index contributed by atoms with van der Waals surface area (Å²) in [5.74, 6) is 0.358. The molecule has 2 aromatic carbocycles. The second kappa shape index (κ2) is 8.67. The van der Waals surface area contributed by atoms with E-state index in [1.807, 2.05) is 69.2 Å². The molecule has 0 unspecified atom stereocenters. The molecular formula is C19H22BrN3O2. The number of hydrogen-bond acceptors (Lipinski definition) is 4. The van der Waals surface area contributed by atoms with Gasteiger partial charge in [0, 0.05) is 19.8 Å². The van der Waals surface area contributed by atoms with E-state index in [0.29, 0.717) is 5.75 Å². The molecule has 0 aliphatic rings. The van der Waals surface area contributed by atoms with Gasteiger partial charge in [-0.05, 0) is 64.7 Å². The summed E-state index contributed by atoms with van der Waals surface area (Å²) in [6, 6.07) is 11.8. The highest BCUT2D eigenvalue weighted by molar-refractivity contribution is 9.10. The van der Waals surface area contributed by atoms with E-state index in [9.17, 15) is 4.79 Å². The Morgan fingerprint density at radius 2 is 1.92 bits per heavy atom. The lowest BCUT2D eigenvalue weighted by atomic mass is 10.1. The van der Waals surface area contributed by atoms with Crippen molar-refractivity contribution in [1.29, 1.82) is 0 Å². The summed E-state index contributed by atoms with van der Waals surface area (Å²) in [4.78, 5) is 13.9. The summed E-state index contributed by atoms with van der Waals surface area (Å²) in [5, 5.41) is 3.96. The molecule has 0 saturated heterocycles. The molecule has 0 aliphatic heterocycles. The number of carbonyl (C=O) groups excluding carboxylic acids is 1.